The van der Waals surface area contributed by atoms with Crippen LogP contribution >= 0.6 is 11.8 Å². The molecule has 0 aliphatic carbocycles. The standard InChI is InChI=1S/C14H14N2O5S/c1-16-11(17)7-10(12(18)19)22-14(16)15-9-5-3-8(4-6-9)13(20)21-2/h3-6,10H,7H2,1-2H3,(H,18,19)/p-1/t10-/m1/s1. The summed E-state index contributed by atoms with van der Waals surface area (Å²) in [5.41, 5.74) is 0.869. The van der Waals surface area contributed by atoms with Crippen LogP contribution in [0.5, 0.6) is 0 Å². The smallest absolute Gasteiger partial charge is 0.337 e. The molecule has 8 heteroatoms. The summed E-state index contributed by atoms with van der Waals surface area (Å²) in [6.45, 7) is 0. The van der Waals surface area contributed by atoms with Gasteiger partial charge in [-0.25, -0.2) is 9.79 Å². The third-order valence-corrected chi connectivity index (χ3v) is 4.26. The number of aliphatic imine (C=N–C) groups is 1. The van der Waals surface area contributed by atoms with Gasteiger partial charge in [0.1, 0.15) is 0 Å². The van der Waals surface area contributed by atoms with Crippen molar-refractivity contribution in [3.8, 4) is 0 Å². The number of carboxylic acids is 1. The minimum atomic E-state index is -1.29. The first-order chi connectivity index (χ1) is 10.4. The first-order valence-corrected chi connectivity index (χ1v) is 7.21. The van der Waals surface area contributed by atoms with Crippen molar-refractivity contribution in [2.75, 3.05) is 14.2 Å². The summed E-state index contributed by atoms with van der Waals surface area (Å²) < 4.78 is 4.59. The lowest BCUT2D eigenvalue weighted by molar-refractivity contribution is -0.304. The van der Waals surface area contributed by atoms with Gasteiger partial charge in [-0.2, -0.15) is 0 Å². The van der Waals surface area contributed by atoms with E-state index in [1.54, 1.807) is 12.1 Å². The minimum Gasteiger partial charge on any atom is -0.549 e. The van der Waals surface area contributed by atoms with Gasteiger partial charge in [-0.15, -0.1) is 0 Å². The van der Waals surface area contributed by atoms with E-state index in [-0.39, 0.29) is 17.5 Å². The van der Waals surface area contributed by atoms with Gasteiger partial charge in [0.05, 0.1) is 29.6 Å². The largest absolute Gasteiger partial charge is 0.549 e. The van der Waals surface area contributed by atoms with Crippen LogP contribution in [0.4, 0.5) is 5.69 Å². The van der Waals surface area contributed by atoms with Crippen molar-refractivity contribution in [1.29, 1.82) is 0 Å². The topological polar surface area (TPSA) is 99.1 Å². The monoisotopic (exact) mass is 321 g/mol. The van der Waals surface area contributed by atoms with E-state index >= 15 is 0 Å². The molecule has 22 heavy (non-hydrogen) atoms. The van der Waals surface area contributed by atoms with Crippen LogP contribution in [-0.4, -0.2) is 47.3 Å². The van der Waals surface area contributed by atoms with E-state index < -0.39 is 17.2 Å². The molecule has 0 aromatic heterocycles. The van der Waals surface area contributed by atoms with Gasteiger partial charge in [-0.05, 0) is 24.3 Å². The summed E-state index contributed by atoms with van der Waals surface area (Å²) in [6.07, 6.45) is -0.121. The number of carbonyl (C=O) groups is 3. The van der Waals surface area contributed by atoms with E-state index in [0.717, 1.165) is 11.8 Å². The molecule has 0 saturated carbocycles. The van der Waals surface area contributed by atoms with Gasteiger partial charge in [-0.3, -0.25) is 9.69 Å². The lowest BCUT2D eigenvalue weighted by Gasteiger charge is -2.29. The van der Waals surface area contributed by atoms with Gasteiger partial charge < -0.3 is 14.6 Å². The molecule has 116 valence electrons. The first kappa shape index (κ1) is 16.0. The van der Waals surface area contributed by atoms with Crippen molar-refractivity contribution < 1.29 is 24.2 Å². The summed E-state index contributed by atoms with van der Waals surface area (Å²) in [6, 6.07) is 6.25. The van der Waals surface area contributed by atoms with Crippen LogP contribution in [0.1, 0.15) is 16.8 Å². The van der Waals surface area contributed by atoms with Crippen LogP contribution in [-0.2, 0) is 14.3 Å². The summed E-state index contributed by atoms with van der Waals surface area (Å²) in [4.78, 5) is 39.6. The Bertz CT molecular complexity index is 641. The fourth-order valence-corrected chi connectivity index (χ4v) is 2.78. The van der Waals surface area contributed by atoms with Crippen LogP contribution in [0.25, 0.3) is 0 Å². The third kappa shape index (κ3) is 3.45. The minimum absolute atomic E-state index is 0.121. The second-order valence-corrected chi connectivity index (χ2v) is 5.69. The van der Waals surface area contributed by atoms with E-state index in [1.165, 1.54) is 31.2 Å². The van der Waals surface area contributed by atoms with Crippen molar-refractivity contribution in [1.82, 2.24) is 4.90 Å². The number of nitrogens with zero attached hydrogens (tertiary/aromatic N) is 2. The van der Waals surface area contributed by atoms with Crippen LogP contribution < -0.4 is 5.11 Å². The highest BCUT2D eigenvalue weighted by Gasteiger charge is 2.30. The van der Waals surface area contributed by atoms with E-state index in [4.69, 9.17) is 0 Å². The van der Waals surface area contributed by atoms with Crippen molar-refractivity contribution in [2.24, 2.45) is 4.99 Å². The lowest BCUT2D eigenvalue weighted by atomic mass is 10.2. The number of hydrogen-bond acceptors (Lipinski definition) is 7. The molecule has 7 nitrogen and oxygen atoms in total. The number of esters is 1. The van der Waals surface area contributed by atoms with Crippen molar-refractivity contribution in [3.05, 3.63) is 29.8 Å². The van der Waals surface area contributed by atoms with E-state index in [1.807, 2.05) is 0 Å². The molecular formula is C14H13N2O5S-. The fourth-order valence-electron chi connectivity index (χ4n) is 1.78. The number of hydrogen-bond donors (Lipinski definition) is 0. The highest BCUT2D eigenvalue weighted by molar-refractivity contribution is 8.15. The maximum absolute atomic E-state index is 11.8. The van der Waals surface area contributed by atoms with Crippen molar-refractivity contribution >= 4 is 40.5 Å². The molecule has 0 spiro atoms. The average Bonchev–Trinajstić information content (AvgIpc) is 2.51. The second-order valence-electron chi connectivity index (χ2n) is 4.52. The Morgan fingerprint density at radius 1 is 1.36 bits per heavy atom. The van der Waals surface area contributed by atoms with Crippen molar-refractivity contribution in [2.45, 2.75) is 11.7 Å². The predicted molar refractivity (Wildman–Crippen MR) is 78.6 cm³/mol. The highest BCUT2D eigenvalue weighted by atomic mass is 32.2. The normalized spacial score (nSPS) is 20.1. The van der Waals surface area contributed by atoms with Crippen LogP contribution in [0.2, 0.25) is 0 Å². The molecule has 1 amide bonds. The number of carboxylic acid groups (broad SMARTS) is 1. The van der Waals surface area contributed by atoms with Gasteiger partial charge >= 0.3 is 5.97 Å². The van der Waals surface area contributed by atoms with Crippen LogP contribution in [0, 0.1) is 0 Å². The number of rotatable bonds is 3. The molecule has 0 radical (unpaired) electrons. The Hall–Kier alpha value is -2.35. The first-order valence-electron chi connectivity index (χ1n) is 6.33. The number of aliphatic carboxylic acids is 1. The highest BCUT2D eigenvalue weighted by Crippen LogP contribution is 2.27. The summed E-state index contributed by atoms with van der Waals surface area (Å²) >= 11 is 0.963. The van der Waals surface area contributed by atoms with Crippen molar-refractivity contribution in [3.63, 3.8) is 0 Å². The van der Waals surface area contributed by atoms with Gasteiger partial charge in [0, 0.05) is 13.5 Å². The lowest BCUT2D eigenvalue weighted by Crippen LogP contribution is -2.45. The predicted octanol–water partition coefficient (Wildman–Crippen LogP) is 0.174. The quantitative estimate of drug-likeness (QED) is 0.736. The number of amides is 1. The molecule has 1 atom stereocenters. The van der Waals surface area contributed by atoms with Crippen LogP contribution in [0.3, 0.4) is 0 Å². The van der Waals surface area contributed by atoms with E-state index in [0.29, 0.717) is 11.3 Å². The molecule has 0 N–H and O–H groups in total. The zero-order valence-corrected chi connectivity index (χ0v) is 12.8. The molecule has 0 unspecified atom stereocenters. The number of carbonyl (C=O) groups excluding carboxylic acids is 3. The van der Waals surface area contributed by atoms with Gasteiger partial charge in [0.2, 0.25) is 5.91 Å². The van der Waals surface area contributed by atoms with E-state index in [2.05, 4.69) is 9.73 Å². The summed E-state index contributed by atoms with van der Waals surface area (Å²) in [7, 11) is 2.82. The Morgan fingerprint density at radius 3 is 2.55 bits per heavy atom. The van der Waals surface area contributed by atoms with Gasteiger partial charge in [0.15, 0.2) is 5.17 Å². The van der Waals surface area contributed by atoms with E-state index in [9.17, 15) is 19.5 Å². The maximum atomic E-state index is 11.8. The maximum Gasteiger partial charge on any atom is 0.337 e. The SMILES string of the molecule is COC(=O)c1ccc(N=C2S[C@@H](C(=O)[O-])CC(=O)N2C)cc1. The molecule has 1 fully saturated rings. The molecule has 1 saturated heterocycles. The molecular weight excluding hydrogens is 308 g/mol. The van der Waals surface area contributed by atoms with Gasteiger partial charge in [0.25, 0.3) is 0 Å². The van der Waals surface area contributed by atoms with Gasteiger partial charge in [-0.1, -0.05) is 11.8 Å². The Balaban J connectivity index is 2.24. The molecule has 1 aliphatic rings. The molecule has 1 aliphatic heterocycles. The Kier molecular flexibility index (Phi) is 4.81. The summed E-state index contributed by atoms with van der Waals surface area (Å²) in [5.74, 6) is -2.09. The third-order valence-electron chi connectivity index (χ3n) is 3.04. The average molecular weight is 321 g/mol. The number of thioether (sulfide) groups is 1. The zero-order valence-electron chi connectivity index (χ0n) is 11.9. The van der Waals surface area contributed by atoms with Crippen LogP contribution in [0.15, 0.2) is 29.3 Å². The molecule has 1 aromatic carbocycles. The summed E-state index contributed by atoms with van der Waals surface area (Å²) in [5, 5.41) is 10.3. The number of benzene rings is 1. The molecule has 1 aromatic rings. The second kappa shape index (κ2) is 6.61. The fraction of sp³-hybridized carbons (Fsp3) is 0.286. The number of ether oxygens (including phenoxy) is 1. The number of amidine groups is 1. The molecule has 0 bridgehead atoms. The number of methoxy groups -OCH3 is 1. The Morgan fingerprint density at radius 2 is 2.00 bits per heavy atom. The zero-order chi connectivity index (χ0) is 16.3. The molecule has 2 rings (SSSR count). The Labute approximate surface area is 131 Å². The molecule has 1 heterocycles.